The molecule has 86 valence electrons. The van der Waals surface area contributed by atoms with Gasteiger partial charge in [-0.15, -0.1) is 11.8 Å². The van der Waals surface area contributed by atoms with Crippen molar-refractivity contribution in [3.63, 3.8) is 0 Å². The van der Waals surface area contributed by atoms with Gasteiger partial charge in [-0.25, -0.2) is 13.1 Å². The van der Waals surface area contributed by atoms with E-state index in [9.17, 15) is 8.42 Å². The van der Waals surface area contributed by atoms with Gasteiger partial charge in [0.25, 0.3) is 0 Å². The number of benzene rings is 1. The molecule has 2 heterocycles. The topological polar surface area (TPSA) is 55.4 Å². The highest BCUT2D eigenvalue weighted by Crippen LogP contribution is 2.46. The van der Waals surface area contributed by atoms with Crippen molar-refractivity contribution in [1.82, 2.24) is 4.72 Å². The van der Waals surface area contributed by atoms with Gasteiger partial charge in [0.05, 0.1) is 18.0 Å². The van der Waals surface area contributed by atoms with Gasteiger partial charge in [-0.1, -0.05) is 18.2 Å². The summed E-state index contributed by atoms with van der Waals surface area (Å²) in [5.74, 6) is 0.899. The minimum absolute atomic E-state index is 0.316. The molecule has 1 aromatic carbocycles. The van der Waals surface area contributed by atoms with Crippen LogP contribution < -0.4 is 4.72 Å². The second kappa shape index (κ2) is 3.46. The Morgan fingerprint density at radius 1 is 1.38 bits per heavy atom. The quantitative estimate of drug-likeness (QED) is 0.750. The fraction of sp³-hybridized carbons (Fsp3) is 0.400. The summed E-state index contributed by atoms with van der Waals surface area (Å²) in [5.41, 5.74) is 0.774. The Labute approximate surface area is 98.4 Å². The molecule has 16 heavy (non-hydrogen) atoms. The van der Waals surface area contributed by atoms with E-state index in [2.05, 4.69) is 4.72 Å². The fourth-order valence-electron chi connectivity index (χ4n) is 2.09. The second-order valence-electron chi connectivity index (χ2n) is 3.77. The summed E-state index contributed by atoms with van der Waals surface area (Å²) in [6.07, 6.45) is 0. The van der Waals surface area contributed by atoms with Crippen LogP contribution >= 0.6 is 11.8 Å². The van der Waals surface area contributed by atoms with Gasteiger partial charge in [0.15, 0.2) is 4.93 Å². The van der Waals surface area contributed by atoms with Crippen LogP contribution in [0.3, 0.4) is 0 Å². The molecule has 1 spiro atoms. The predicted octanol–water partition coefficient (Wildman–Crippen LogP) is 0.895. The first kappa shape index (κ1) is 10.6. The molecule has 0 amide bonds. The molecule has 0 radical (unpaired) electrons. The summed E-state index contributed by atoms with van der Waals surface area (Å²) in [6.45, 7) is 0.984. The van der Waals surface area contributed by atoms with Gasteiger partial charge in [0.2, 0.25) is 10.0 Å². The van der Waals surface area contributed by atoms with Gasteiger partial charge in [-0.2, -0.15) is 0 Å². The molecule has 1 saturated heterocycles. The van der Waals surface area contributed by atoms with Gasteiger partial charge in [-0.3, -0.25) is 0 Å². The number of fused-ring (bicyclic) bond motifs is 2. The number of ether oxygens (including phenoxy) is 1. The van der Waals surface area contributed by atoms with E-state index in [4.69, 9.17) is 4.74 Å². The van der Waals surface area contributed by atoms with Gasteiger partial charge in [0.1, 0.15) is 0 Å². The molecule has 6 heteroatoms. The van der Waals surface area contributed by atoms with Crippen molar-refractivity contribution in [3.8, 4) is 0 Å². The van der Waals surface area contributed by atoms with E-state index in [0.717, 1.165) is 11.3 Å². The van der Waals surface area contributed by atoms with Gasteiger partial charge in [0, 0.05) is 11.3 Å². The first-order chi connectivity index (χ1) is 7.64. The summed E-state index contributed by atoms with van der Waals surface area (Å²) >= 11 is 1.66. The molecule has 2 aliphatic heterocycles. The number of nitrogens with one attached hydrogen (secondary N) is 1. The molecule has 4 nitrogen and oxygen atoms in total. The average Bonchev–Trinajstić information content (AvgIpc) is 2.75. The van der Waals surface area contributed by atoms with Crippen molar-refractivity contribution < 1.29 is 13.2 Å². The molecular weight excluding hydrogens is 246 g/mol. The van der Waals surface area contributed by atoms with Crippen molar-refractivity contribution >= 4 is 21.8 Å². The first-order valence-electron chi connectivity index (χ1n) is 5.01. The molecule has 1 N–H and O–H groups in total. The number of rotatable bonds is 0. The van der Waals surface area contributed by atoms with Crippen LogP contribution in [0.1, 0.15) is 5.56 Å². The lowest BCUT2D eigenvalue weighted by Gasteiger charge is -2.33. The summed E-state index contributed by atoms with van der Waals surface area (Å²) in [4.78, 5) is -0.169. The largest absolute Gasteiger partial charge is 0.358 e. The van der Waals surface area contributed by atoms with Crippen LogP contribution in [0.25, 0.3) is 0 Å². The Bertz CT molecular complexity index is 521. The highest BCUT2D eigenvalue weighted by molar-refractivity contribution is 8.00. The maximum Gasteiger partial charge on any atom is 0.241 e. The van der Waals surface area contributed by atoms with Gasteiger partial charge < -0.3 is 4.74 Å². The van der Waals surface area contributed by atoms with Crippen molar-refractivity contribution in [2.75, 3.05) is 18.9 Å². The minimum Gasteiger partial charge on any atom is -0.358 e. The third-order valence-electron chi connectivity index (χ3n) is 2.84. The third kappa shape index (κ3) is 1.41. The molecule has 0 saturated carbocycles. The highest BCUT2D eigenvalue weighted by atomic mass is 32.2. The van der Waals surface area contributed by atoms with Gasteiger partial charge in [-0.05, 0) is 6.07 Å². The molecular formula is C10H11NO3S2. The number of sulfonamides is 1. The molecule has 3 rings (SSSR count). The Hall–Kier alpha value is -0.560. The maximum absolute atomic E-state index is 11.8. The van der Waals surface area contributed by atoms with Crippen molar-refractivity contribution in [3.05, 3.63) is 29.8 Å². The van der Waals surface area contributed by atoms with Gasteiger partial charge >= 0.3 is 0 Å². The Kier molecular flexibility index (Phi) is 2.29. The van der Waals surface area contributed by atoms with Crippen LogP contribution in [0.2, 0.25) is 0 Å². The SMILES string of the molecule is O=S1(=O)NCC2(OCCS2)c2ccccc21. The zero-order valence-electron chi connectivity index (χ0n) is 8.47. The predicted molar refractivity (Wildman–Crippen MR) is 61.7 cm³/mol. The Morgan fingerprint density at radius 3 is 2.94 bits per heavy atom. The minimum atomic E-state index is -3.35. The summed E-state index contributed by atoms with van der Waals surface area (Å²) in [7, 11) is -3.35. The normalized spacial score (nSPS) is 31.5. The summed E-state index contributed by atoms with van der Waals surface area (Å²) in [6, 6.07) is 7.05. The molecule has 0 aromatic heterocycles. The van der Waals surface area contributed by atoms with Crippen molar-refractivity contribution in [1.29, 1.82) is 0 Å². The summed E-state index contributed by atoms with van der Waals surface area (Å²) < 4.78 is 32.0. The number of hydrogen-bond donors (Lipinski definition) is 1. The van der Waals surface area contributed by atoms with Crippen molar-refractivity contribution in [2.24, 2.45) is 0 Å². The van der Waals surface area contributed by atoms with Crippen LogP contribution in [0.5, 0.6) is 0 Å². The van der Waals surface area contributed by atoms with E-state index in [0.29, 0.717) is 18.0 Å². The van der Waals surface area contributed by atoms with E-state index >= 15 is 0 Å². The molecule has 0 bridgehead atoms. The number of hydrogen-bond acceptors (Lipinski definition) is 4. The molecule has 1 atom stereocenters. The standard InChI is InChI=1S/C10H11NO3S2/c12-16(13)9-4-2-1-3-8(9)10(7-11-16)14-5-6-15-10/h1-4,11H,5-7H2. The lowest BCUT2D eigenvalue weighted by atomic mass is 10.1. The zero-order chi connectivity index (χ0) is 11.2. The average molecular weight is 257 g/mol. The molecule has 1 unspecified atom stereocenters. The first-order valence-corrected chi connectivity index (χ1v) is 7.48. The van der Waals surface area contributed by atoms with Crippen LogP contribution in [-0.4, -0.2) is 27.3 Å². The monoisotopic (exact) mass is 257 g/mol. The summed E-state index contributed by atoms with van der Waals surface area (Å²) in [5, 5.41) is 0. The molecule has 0 aliphatic carbocycles. The zero-order valence-corrected chi connectivity index (χ0v) is 10.1. The van der Waals surface area contributed by atoms with E-state index < -0.39 is 15.0 Å². The lowest BCUT2D eigenvalue weighted by Crippen LogP contribution is -2.44. The smallest absolute Gasteiger partial charge is 0.241 e. The molecule has 1 fully saturated rings. The highest BCUT2D eigenvalue weighted by Gasteiger charge is 2.45. The van der Waals surface area contributed by atoms with Crippen LogP contribution in [0.4, 0.5) is 0 Å². The fourth-order valence-corrected chi connectivity index (χ4v) is 4.75. The van der Waals surface area contributed by atoms with E-state index in [-0.39, 0.29) is 0 Å². The molecule has 1 aromatic rings. The Morgan fingerprint density at radius 2 is 2.19 bits per heavy atom. The second-order valence-corrected chi connectivity index (χ2v) is 6.86. The maximum atomic E-state index is 11.8. The third-order valence-corrected chi connectivity index (χ3v) is 5.61. The Balaban J connectivity index is 2.23. The molecule has 2 aliphatic rings. The number of thioether (sulfide) groups is 1. The van der Waals surface area contributed by atoms with E-state index in [1.165, 1.54) is 0 Å². The van der Waals surface area contributed by atoms with Crippen LogP contribution in [0.15, 0.2) is 29.2 Å². The lowest BCUT2D eigenvalue weighted by molar-refractivity contribution is 0.0492. The van der Waals surface area contributed by atoms with E-state index in [1.54, 1.807) is 23.9 Å². The van der Waals surface area contributed by atoms with Crippen LogP contribution in [0, 0.1) is 0 Å². The van der Waals surface area contributed by atoms with Crippen LogP contribution in [-0.2, 0) is 19.7 Å². The van der Waals surface area contributed by atoms with E-state index in [1.807, 2.05) is 12.1 Å². The van der Waals surface area contributed by atoms with Crippen molar-refractivity contribution in [2.45, 2.75) is 9.83 Å².